The van der Waals surface area contributed by atoms with Crippen LogP contribution in [-0.2, 0) is 21.4 Å². The lowest BCUT2D eigenvalue weighted by Gasteiger charge is -2.11. The molecule has 6 nitrogen and oxygen atoms in total. The summed E-state index contributed by atoms with van der Waals surface area (Å²) in [5.74, 6) is -0.449. The first-order valence-corrected chi connectivity index (χ1v) is 8.35. The minimum Gasteiger partial charge on any atom is -0.481 e. The minimum absolute atomic E-state index is 0.0631. The van der Waals surface area contributed by atoms with Gasteiger partial charge in [-0.2, -0.15) is 13.1 Å². The Morgan fingerprint density at radius 1 is 1.33 bits per heavy atom. The van der Waals surface area contributed by atoms with E-state index in [9.17, 15) is 13.2 Å². The van der Waals surface area contributed by atoms with Gasteiger partial charge in [-0.1, -0.05) is 26.0 Å². The summed E-state index contributed by atoms with van der Waals surface area (Å²) in [4.78, 5) is 10.3. The van der Waals surface area contributed by atoms with Gasteiger partial charge in [0.1, 0.15) is 0 Å². The Kier molecular flexibility index (Phi) is 6.64. The first-order valence-electron chi connectivity index (χ1n) is 6.86. The van der Waals surface area contributed by atoms with Crippen LogP contribution in [0.4, 0.5) is 5.69 Å². The first-order chi connectivity index (χ1) is 9.78. The number of carboxylic acids is 1. The Hall–Kier alpha value is -1.60. The third kappa shape index (κ3) is 7.67. The van der Waals surface area contributed by atoms with Gasteiger partial charge >= 0.3 is 5.97 Å². The highest BCUT2D eigenvalue weighted by atomic mass is 32.2. The van der Waals surface area contributed by atoms with Crippen molar-refractivity contribution in [1.29, 1.82) is 0 Å². The average Bonchev–Trinajstić information content (AvgIpc) is 2.33. The Morgan fingerprint density at radius 2 is 2.05 bits per heavy atom. The lowest BCUT2D eigenvalue weighted by atomic mass is 10.0. The third-order valence-electron chi connectivity index (χ3n) is 2.68. The summed E-state index contributed by atoms with van der Waals surface area (Å²) in [6.45, 7) is 4.29. The van der Waals surface area contributed by atoms with Crippen LogP contribution in [0.3, 0.4) is 0 Å². The van der Waals surface area contributed by atoms with E-state index in [2.05, 4.69) is 23.3 Å². The van der Waals surface area contributed by atoms with Gasteiger partial charge in [0.15, 0.2) is 0 Å². The van der Waals surface area contributed by atoms with E-state index in [0.29, 0.717) is 11.6 Å². The maximum absolute atomic E-state index is 11.8. The Morgan fingerprint density at radius 3 is 2.67 bits per heavy atom. The SMILES string of the molecule is CC(C)Cc1cccc(NS(=O)(=O)NCCCC(=O)O)c1. The highest BCUT2D eigenvalue weighted by Gasteiger charge is 2.10. The smallest absolute Gasteiger partial charge is 0.303 e. The van der Waals surface area contributed by atoms with Crippen LogP contribution < -0.4 is 9.44 Å². The maximum atomic E-state index is 11.8. The minimum atomic E-state index is -3.67. The van der Waals surface area contributed by atoms with Gasteiger partial charge in [0, 0.05) is 13.0 Å². The zero-order valence-electron chi connectivity index (χ0n) is 12.3. The summed E-state index contributed by atoms with van der Waals surface area (Å²) in [7, 11) is -3.67. The second-order valence-electron chi connectivity index (χ2n) is 5.30. The number of rotatable bonds is 9. The van der Waals surface area contributed by atoms with Gasteiger partial charge in [-0.3, -0.25) is 9.52 Å². The molecule has 0 aliphatic heterocycles. The van der Waals surface area contributed by atoms with Gasteiger partial charge in [0.25, 0.3) is 10.2 Å². The molecule has 0 saturated heterocycles. The first kappa shape index (κ1) is 17.5. The molecule has 0 spiro atoms. The molecule has 7 heteroatoms. The Bertz CT molecular complexity index is 570. The van der Waals surface area contributed by atoms with Crippen molar-refractivity contribution in [3.63, 3.8) is 0 Å². The molecule has 1 aromatic rings. The van der Waals surface area contributed by atoms with Crippen molar-refractivity contribution in [1.82, 2.24) is 4.72 Å². The summed E-state index contributed by atoms with van der Waals surface area (Å²) in [6, 6.07) is 7.24. The van der Waals surface area contributed by atoms with Crippen LogP contribution in [-0.4, -0.2) is 26.0 Å². The van der Waals surface area contributed by atoms with Crippen molar-refractivity contribution in [3.8, 4) is 0 Å². The van der Waals surface area contributed by atoms with E-state index in [0.717, 1.165) is 12.0 Å². The monoisotopic (exact) mass is 314 g/mol. The summed E-state index contributed by atoms with van der Waals surface area (Å²) < 4.78 is 28.4. The van der Waals surface area contributed by atoms with Crippen LogP contribution >= 0.6 is 0 Å². The van der Waals surface area contributed by atoms with E-state index < -0.39 is 16.2 Å². The van der Waals surface area contributed by atoms with Crippen molar-refractivity contribution in [2.45, 2.75) is 33.1 Å². The number of benzene rings is 1. The molecule has 1 rings (SSSR count). The van der Waals surface area contributed by atoms with Crippen LogP contribution in [0.2, 0.25) is 0 Å². The average molecular weight is 314 g/mol. The molecular formula is C14H22N2O4S. The van der Waals surface area contributed by atoms with Gasteiger partial charge in [-0.15, -0.1) is 0 Å². The second-order valence-corrected chi connectivity index (χ2v) is 6.80. The van der Waals surface area contributed by atoms with Crippen LogP contribution in [0.5, 0.6) is 0 Å². The highest BCUT2D eigenvalue weighted by molar-refractivity contribution is 7.90. The fourth-order valence-corrected chi connectivity index (χ4v) is 2.79. The number of hydrogen-bond donors (Lipinski definition) is 3. The Labute approximate surface area is 125 Å². The molecule has 3 N–H and O–H groups in total. The van der Waals surface area contributed by atoms with E-state index in [-0.39, 0.29) is 19.4 Å². The molecule has 0 radical (unpaired) electrons. The van der Waals surface area contributed by atoms with Crippen LogP contribution in [0.1, 0.15) is 32.3 Å². The van der Waals surface area contributed by atoms with Crippen molar-refractivity contribution in [3.05, 3.63) is 29.8 Å². The predicted octanol–water partition coefficient (Wildman–Crippen LogP) is 2.00. The lowest BCUT2D eigenvalue weighted by Crippen LogP contribution is -2.31. The summed E-state index contributed by atoms with van der Waals surface area (Å²) in [5.41, 5.74) is 1.56. The fraction of sp³-hybridized carbons (Fsp3) is 0.500. The molecule has 0 heterocycles. The third-order valence-corrected chi connectivity index (χ3v) is 3.77. The van der Waals surface area contributed by atoms with Crippen LogP contribution in [0.15, 0.2) is 24.3 Å². The molecular weight excluding hydrogens is 292 g/mol. The summed E-state index contributed by atoms with van der Waals surface area (Å²) in [5, 5.41) is 8.49. The van der Waals surface area contributed by atoms with E-state index >= 15 is 0 Å². The number of nitrogens with one attached hydrogen (secondary N) is 2. The predicted molar refractivity (Wildman–Crippen MR) is 82.4 cm³/mol. The number of hydrogen-bond acceptors (Lipinski definition) is 3. The fourth-order valence-electron chi connectivity index (χ4n) is 1.87. The van der Waals surface area contributed by atoms with Crippen LogP contribution in [0.25, 0.3) is 0 Å². The lowest BCUT2D eigenvalue weighted by molar-refractivity contribution is -0.137. The standard InChI is InChI=1S/C14H22N2O4S/c1-11(2)9-12-5-3-6-13(10-12)16-21(19,20)15-8-4-7-14(17)18/h3,5-6,10-11,15-16H,4,7-9H2,1-2H3,(H,17,18). The van der Waals surface area contributed by atoms with Gasteiger partial charge < -0.3 is 5.11 Å². The maximum Gasteiger partial charge on any atom is 0.303 e. The molecule has 0 aromatic heterocycles. The number of anilines is 1. The quantitative estimate of drug-likeness (QED) is 0.607. The number of aliphatic carboxylic acids is 1. The number of carboxylic acid groups (broad SMARTS) is 1. The molecule has 0 fully saturated rings. The van der Waals surface area contributed by atoms with E-state index in [4.69, 9.17) is 5.11 Å². The van der Waals surface area contributed by atoms with E-state index in [1.807, 2.05) is 6.07 Å². The van der Waals surface area contributed by atoms with Crippen molar-refractivity contribution < 1.29 is 18.3 Å². The molecule has 0 aliphatic rings. The normalized spacial score (nSPS) is 11.6. The largest absolute Gasteiger partial charge is 0.481 e. The zero-order valence-corrected chi connectivity index (χ0v) is 13.1. The van der Waals surface area contributed by atoms with E-state index in [1.54, 1.807) is 18.2 Å². The molecule has 0 saturated carbocycles. The Balaban J connectivity index is 2.56. The molecule has 0 atom stereocenters. The van der Waals surface area contributed by atoms with Gasteiger partial charge in [0.2, 0.25) is 0 Å². The van der Waals surface area contributed by atoms with Crippen molar-refractivity contribution >= 4 is 21.9 Å². The van der Waals surface area contributed by atoms with Gasteiger partial charge in [-0.25, -0.2) is 0 Å². The zero-order chi connectivity index (χ0) is 15.9. The van der Waals surface area contributed by atoms with Gasteiger partial charge in [0.05, 0.1) is 5.69 Å². The molecule has 0 bridgehead atoms. The molecule has 1 aromatic carbocycles. The topological polar surface area (TPSA) is 95.5 Å². The second kappa shape index (κ2) is 7.99. The van der Waals surface area contributed by atoms with E-state index in [1.165, 1.54) is 0 Å². The van der Waals surface area contributed by atoms with Crippen molar-refractivity contribution in [2.24, 2.45) is 5.92 Å². The van der Waals surface area contributed by atoms with Crippen molar-refractivity contribution in [2.75, 3.05) is 11.3 Å². The molecule has 0 amide bonds. The van der Waals surface area contributed by atoms with Gasteiger partial charge in [-0.05, 0) is 36.5 Å². The highest BCUT2D eigenvalue weighted by Crippen LogP contribution is 2.15. The van der Waals surface area contributed by atoms with Crippen LogP contribution in [0, 0.1) is 5.92 Å². The number of carbonyl (C=O) groups is 1. The summed E-state index contributed by atoms with van der Waals surface area (Å²) >= 11 is 0. The molecule has 21 heavy (non-hydrogen) atoms. The molecule has 118 valence electrons. The summed E-state index contributed by atoms with van der Waals surface area (Å²) in [6.07, 6.45) is 1.07. The molecule has 0 aliphatic carbocycles. The molecule has 0 unspecified atom stereocenters.